The van der Waals surface area contributed by atoms with Gasteiger partial charge in [0.05, 0.1) is 6.61 Å². The van der Waals surface area contributed by atoms with Crippen LogP contribution in [-0.2, 0) is 6.42 Å². The zero-order valence-electron chi connectivity index (χ0n) is 9.92. The lowest BCUT2D eigenvalue weighted by Crippen LogP contribution is -2.20. The molecule has 1 nitrogen and oxygen atoms in total. The molecule has 0 fully saturated rings. The fraction of sp³-hybridized carbons (Fsp3) is 0.571. The van der Waals surface area contributed by atoms with Crippen molar-refractivity contribution >= 4 is 0 Å². The van der Waals surface area contributed by atoms with E-state index in [1.807, 2.05) is 0 Å². The van der Waals surface area contributed by atoms with Gasteiger partial charge in [0.25, 0.3) is 0 Å². The number of hydrogen-bond acceptors (Lipinski definition) is 1. The molecule has 0 saturated carbocycles. The Morgan fingerprint density at radius 2 is 2.20 bits per heavy atom. The molecule has 1 aliphatic heterocycles. The van der Waals surface area contributed by atoms with E-state index in [0.29, 0.717) is 11.8 Å². The Bertz CT molecular complexity index is 341. The number of hydrogen-bond donors (Lipinski definition) is 0. The van der Waals surface area contributed by atoms with Crippen molar-refractivity contribution in [3.63, 3.8) is 0 Å². The monoisotopic (exact) mass is 204 g/mol. The maximum atomic E-state index is 5.76. The van der Waals surface area contributed by atoms with Crippen LogP contribution in [-0.4, -0.2) is 6.61 Å². The quantitative estimate of drug-likeness (QED) is 0.712. The zero-order chi connectivity index (χ0) is 10.8. The van der Waals surface area contributed by atoms with E-state index in [-0.39, 0.29) is 0 Å². The highest BCUT2D eigenvalue weighted by Crippen LogP contribution is 2.31. The van der Waals surface area contributed by atoms with Crippen LogP contribution < -0.4 is 4.74 Å². The number of benzene rings is 1. The van der Waals surface area contributed by atoms with Gasteiger partial charge in [-0.2, -0.15) is 0 Å². The lowest BCUT2D eigenvalue weighted by atomic mass is 9.91. The summed E-state index contributed by atoms with van der Waals surface area (Å²) in [5, 5.41) is 0. The Morgan fingerprint density at radius 1 is 1.40 bits per heavy atom. The van der Waals surface area contributed by atoms with Crippen LogP contribution in [0.5, 0.6) is 5.75 Å². The van der Waals surface area contributed by atoms with Crippen LogP contribution in [0.4, 0.5) is 0 Å². The molecule has 0 N–H and O–H groups in total. The van der Waals surface area contributed by atoms with Crippen molar-refractivity contribution in [1.29, 1.82) is 0 Å². The van der Waals surface area contributed by atoms with E-state index in [4.69, 9.17) is 4.74 Å². The second-order valence-corrected chi connectivity index (χ2v) is 4.81. The molecule has 0 amide bonds. The largest absolute Gasteiger partial charge is 0.493 e. The molecule has 0 bridgehead atoms. The molecule has 1 aromatic rings. The van der Waals surface area contributed by atoms with Gasteiger partial charge in [0.15, 0.2) is 0 Å². The average Bonchev–Trinajstić information content (AvgIpc) is 2.27. The second-order valence-electron chi connectivity index (χ2n) is 4.81. The highest BCUT2D eigenvalue weighted by molar-refractivity contribution is 5.39. The normalized spacial score (nSPS) is 19.9. The third-order valence-corrected chi connectivity index (χ3v) is 3.31. The minimum absolute atomic E-state index is 0.609. The van der Waals surface area contributed by atoms with E-state index < -0.39 is 0 Å². The van der Waals surface area contributed by atoms with Crippen LogP contribution in [0.2, 0.25) is 0 Å². The maximum Gasteiger partial charge on any atom is 0.122 e. The van der Waals surface area contributed by atoms with Crippen LogP contribution in [0.25, 0.3) is 0 Å². The molecule has 0 saturated heterocycles. The standard InChI is InChI=1S/C14H20O/c1-4-11-7-13-8-12(10(2)3)5-6-14(13)15-9-11/h5-6,8,10-11H,4,7,9H2,1-3H3. The van der Waals surface area contributed by atoms with Gasteiger partial charge in [-0.3, -0.25) is 0 Å². The van der Waals surface area contributed by atoms with Crippen molar-refractivity contribution in [3.8, 4) is 5.75 Å². The first-order chi connectivity index (χ1) is 7.20. The molecule has 0 radical (unpaired) electrons. The third-order valence-electron chi connectivity index (χ3n) is 3.31. The highest BCUT2D eigenvalue weighted by Gasteiger charge is 2.18. The smallest absolute Gasteiger partial charge is 0.122 e. The van der Waals surface area contributed by atoms with Gasteiger partial charge in [0.1, 0.15) is 5.75 Å². The molecule has 1 aliphatic rings. The van der Waals surface area contributed by atoms with Gasteiger partial charge in [-0.15, -0.1) is 0 Å². The number of rotatable bonds is 2. The lowest BCUT2D eigenvalue weighted by molar-refractivity contribution is 0.218. The Kier molecular flexibility index (Phi) is 2.99. The molecule has 2 rings (SSSR count). The van der Waals surface area contributed by atoms with E-state index in [2.05, 4.69) is 39.0 Å². The predicted molar refractivity (Wildman–Crippen MR) is 63.5 cm³/mol. The molecule has 0 spiro atoms. The van der Waals surface area contributed by atoms with E-state index in [0.717, 1.165) is 12.4 Å². The van der Waals surface area contributed by atoms with Crippen molar-refractivity contribution in [2.45, 2.75) is 39.5 Å². The Morgan fingerprint density at radius 3 is 2.87 bits per heavy atom. The van der Waals surface area contributed by atoms with Gasteiger partial charge in [-0.25, -0.2) is 0 Å². The number of fused-ring (bicyclic) bond motifs is 1. The molecule has 82 valence electrons. The summed E-state index contributed by atoms with van der Waals surface area (Å²) in [6.45, 7) is 7.61. The van der Waals surface area contributed by atoms with Crippen LogP contribution in [0, 0.1) is 5.92 Å². The molecule has 1 unspecified atom stereocenters. The van der Waals surface area contributed by atoms with Gasteiger partial charge in [-0.1, -0.05) is 32.9 Å². The molecule has 1 atom stereocenters. The average molecular weight is 204 g/mol. The summed E-state index contributed by atoms with van der Waals surface area (Å²) in [4.78, 5) is 0. The van der Waals surface area contributed by atoms with Gasteiger partial charge in [0.2, 0.25) is 0 Å². The Labute approximate surface area is 92.5 Å². The third kappa shape index (κ3) is 2.17. The summed E-state index contributed by atoms with van der Waals surface area (Å²) < 4.78 is 5.76. The minimum Gasteiger partial charge on any atom is -0.493 e. The van der Waals surface area contributed by atoms with Crippen molar-refractivity contribution in [3.05, 3.63) is 29.3 Å². The van der Waals surface area contributed by atoms with Crippen molar-refractivity contribution in [2.24, 2.45) is 5.92 Å². The summed E-state index contributed by atoms with van der Waals surface area (Å²) in [6.07, 6.45) is 2.40. The fourth-order valence-corrected chi connectivity index (χ4v) is 2.10. The summed E-state index contributed by atoms with van der Waals surface area (Å²) in [5.74, 6) is 2.42. The summed E-state index contributed by atoms with van der Waals surface area (Å²) in [7, 11) is 0. The maximum absolute atomic E-state index is 5.76. The van der Waals surface area contributed by atoms with Crippen LogP contribution >= 0.6 is 0 Å². The Balaban J connectivity index is 2.26. The highest BCUT2D eigenvalue weighted by atomic mass is 16.5. The fourth-order valence-electron chi connectivity index (χ4n) is 2.10. The molecule has 0 aliphatic carbocycles. The van der Waals surface area contributed by atoms with Crippen LogP contribution in [0.15, 0.2) is 18.2 Å². The molecular weight excluding hydrogens is 184 g/mol. The minimum atomic E-state index is 0.609. The molecule has 1 heterocycles. The lowest BCUT2D eigenvalue weighted by Gasteiger charge is -2.25. The first kappa shape index (κ1) is 10.5. The Hall–Kier alpha value is -0.980. The van der Waals surface area contributed by atoms with Crippen LogP contribution in [0.1, 0.15) is 44.2 Å². The summed E-state index contributed by atoms with van der Waals surface area (Å²) in [6, 6.07) is 6.65. The van der Waals surface area contributed by atoms with Gasteiger partial charge < -0.3 is 4.74 Å². The van der Waals surface area contributed by atoms with Crippen molar-refractivity contribution in [1.82, 2.24) is 0 Å². The van der Waals surface area contributed by atoms with Crippen LogP contribution in [0.3, 0.4) is 0 Å². The van der Waals surface area contributed by atoms with Gasteiger partial charge in [0, 0.05) is 0 Å². The first-order valence-corrected chi connectivity index (χ1v) is 5.96. The van der Waals surface area contributed by atoms with E-state index in [1.54, 1.807) is 0 Å². The molecule has 1 heteroatoms. The van der Waals surface area contributed by atoms with E-state index in [1.165, 1.54) is 24.0 Å². The van der Waals surface area contributed by atoms with E-state index in [9.17, 15) is 0 Å². The van der Waals surface area contributed by atoms with Crippen molar-refractivity contribution < 1.29 is 4.74 Å². The van der Waals surface area contributed by atoms with E-state index >= 15 is 0 Å². The molecule has 15 heavy (non-hydrogen) atoms. The van der Waals surface area contributed by atoms with Gasteiger partial charge >= 0.3 is 0 Å². The zero-order valence-corrected chi connectivity index (χ0v) is 9.92. The molecular formula is C14H20O. The molecule has 1 aromatic carbocycles. The predicted octanol–water partition coefficient (Wildman–Crippen LogP) is 3.77. The summed E-state index contributed by atoms with van der Waals surface area (Å²) in [5.41, 5.74) is 2.83. The first-order valence-electron chi connectivity index (χ1n) is 5.96. The number of ether oxygens (including phenoxy) is 1. The second kappa shape index (κ2) is 4.26. The van der Waals surface area contributed by atoms with Crippen molar-refractivity contribution in [2.75, 3.05) is 6.61 Å². The SMILES string of the molecule is CCC1COc2ccc(C(C)C)cc2C1. The molecule has 0 aromatic heterocycles. The topological polar surface area (TPSA) is 9.23 Å². The summed E-state index contributed by atoms with van der Waals surface area (Å²) >= 11 is 0. The van der Waals surface area contributed by atoms with Gasteiger partial charge in [-0.05, 0) is 41.9 Å².